The van der Waals surface area contributed by atoms with Gasteiger partial charge in [-0.1, -0.05) is 36.4 Å². The molecule has 5 heteroatoms. The molecule has 4 nitrogen and oxygen atoms in total. The minimum absolute atomic E-state index is 0.0378. The molecule has 0 atom stereocenters. The van der Waals surface area contributed by atoms with Gasteiger partial charge in [0.15, 0.2) is 0 Å². The van der Waals surface area contributed by atoms with Crippen LogP contribution in [0.2, 0.25) is 0 Å². The third-order valence-corrected chi connectivity index (χ3v) is 5.05. The van der Waals surface area contributed by atoms with Gasteiger partial charge in [-0.2, -0.15) is 0 Å². The maximum Gasteiger partial charge on any atom is 0.277 e. The lowest BCUT2D eigenvalue weighted by Gasteiger charge is -2.23. The highest BCUT2D eigenvalue weighted by Gasteiger charge is 2.20. The first-order valence-corrected chi connectivity index (χ1v) is 9.03. The number of thiophene rings is 1. The van der Waals surface area contributed by atoms with E-state index in [4.69, 9.17) is 4.98 Å². The van der Waals surface area contributed by atoms with E-state index in [2.05, 4.69) is 26.1 Å². The lowest BCUT2D eigenvalue weighted by molar-refractivity contribution is 0.621. The monoisotopic (exact) mass is 349 g/mol. The zero-order valence-electron chi connectivity index (χ0n) is 14.4. The van der Waals surface area contributed by atoms with Crippen LogP contribution in [0.25, 0.3) is 26.0 Å². The predicted octanol–water partition coefficient (Wildman–Crippen LogP) is 4.81. The average Bonchev–Trinajstić information content (AvgIpc) is 2.94. The Morgan fingerprint density at radius 2 is 1.68 bits per heavy atom. The normalized spacial score (nSPS) is 12.0. The number of fused-ring (bicyclic) bond motifs is 3. The molecule has 0 spiro atoms. The van der Waals surface area contributed by atoms with E-state index >= 15 is 0 Å². The van der Waals surface area contributed by atoms with E-state index in [-0.39, 0.29) is 11.1 Å². The Morgan fingerprint density at radius 1 is 1.00 bits per heavy atom. The maximum atomic E-state index is 13.3. The number of nitrogens with zero attached hydrogens (tertiary/aromatic N) is 2. The molecule has 0 unspecified atom stereocenters. The number of nitrogens with one attached hydrogen (secondary N) is 1. The van der Waals surface area contributed by atoms with Crippen LogP contribution < -0.4 is 10.9 Å². The smallest absolute Gasteiger partial charge is 0.277 e. The van der Waals surface area contributed by atoms with Gasteiger partial charge in [-0.3, -0.25) is 4.79 Å². The molecule has 25 heavy (non-hydrogen) atoms. The highest BCUT2D eigenvalue weighted by atomic mass is 32.1. The topological polar surface area (TPSA) is 46.9 Å². The summed E-state index contributed by atoms with van der Waals surface area (Å²) in [5.41, 5.74) is 1.33. The zero-order valence-corrected chi connectivity index (χ0v) is 15.2. The standard InChI is InChI=1S/C20H19N3OS/c1-20(2,3)22-19-21-16-14-11-7-8-12-15(14)25-17(16)18(24)23(19)13-9-5-4-6-10-13/h4-12H,1-3H3,(H,21,22). The highest BCUT2D eigenvalue weighted by molar-refractivity contribution is 7.25. The van der Waals surface area contributed by atoms with Crippen molar-refractivity contribution in [2.24, 2.45) is 0 Å². The van der Waals surface area contributed by atoms with E-state index in [1.807, 2.05) is 54.6 Å². The molecule has 0 saturated carbocycles. The van der Waals surface area contributed by atoms with Crippen LogP contribution in [0.5, 0.6) is 0 Å². The number of hydrogen-bond donors (Lipinski definition) is 1. The first-order chi connectivity index (χ1) is 11.9. The summed E-state index contributed by atoms with van der Waals surface area (Å²) in [6.07, 6.45) is 0. The molecule has 126 valence electrons. The second-order valence-electron chi connectivity index (χ2n) is 7.06. The molecule has 4 aromatic rings. The predicted molar refractivity (Wildman–Crippen MR) is 106 cm³/mol. The molecule has 0 amide bonds. The number of benzene rings is 2. The molecule has 1 N–H and O–H groups in total. The van der Waals surface area contributed by atoms with Crippen molar-refractivity contribution in [3.05, 3.63) is 65.0 Å². The molecule has 0 fully saturated rings. The molecule has 0 aliphatic carbocycles. The lowest BCUT2D eigenvalue weighted by atomic mass is 10.1. The molecule has 0 bridgehead atoms. The first kappa shape index (κ1) is 15.8. The van der Waals surface area contributed by atoms with Crippen LogP contribution in [0.15, 0.2) is 59.4 Å². The fourth-order valence-corrected chi connectivity index (χ4v) is 3.95. The Bertz CT molecular complexity index is 1120. The molecule has 0 saturated heterocycles. The Hall–Kier alpha value is -2.66. The molecule has 2 heterocycles. The van der Waals surface area contributed by atoms with E-state index in [1.54, 1.807) is 4.57 Å². The van der Waals surface area contributed by atoms with Crippen molar-refractivity contribution in [3.63, 3.8) is 0 Å². The van der Waals surface area contributed by atoms with Gasteiger partial charge in [0.25, 0.3) is 5.56 Å². The fourth-order valence-electron chi connectivity index (χ4n) is 2.88. The van der Waals surface area contributed by atoms with Gasteiger partial charge < -0.3 is 5.32 Å². The van der Waals surface area contributed by atoms with E-state index < -0.39 is 0 Å². The molecule has 0 radical (unpaired) electrons. The summed E-state index contributed by atoms with van der Waals surface area (Å²) in [6.45, 7) is 6.18. The van der Waals surface area contributed by atoms with Gasteiger partial charge in [0.05, 0.1) is 11.2 Å². The second kappa shape index (κ2) is 5.70. The van der Waals surface area contributed by atoms with E-state index in [0.29, 0.717) is 10.6 Å². The van der Waals surface area contributed by atoms with E-state index in [1.165, 1.54) is 11.3 Å². The number of aromatic nitrogens is 2. The molecular formula is C20H19N3OS. The van der Waals surface area contributed by atoms with Crippen molar-refractivity contribution in [2.45, 2.75) is 26.3 Å². The molecule has 2 aromatic carbocycles. The zero-order chi connectivity index (χ0) is 17.6. The average molecular weight is 349 g/mol. The van der Waals surface area contributed by atoms with Gasteiger partial charge in [-0.15, -0.1) is 11.3 Å². The van der Waals surface area contributed by atoms with Crippen LogP contribution in [-0.2, 0) is 0 Å². The van der Waals surface area contributed by atoms with Gasteiger partial charge in [-0.25, -0.2) is 9.55 Å². The summed E-state index contributed by atoms with van der Waals surface area (Å²) in [7, 11) is 0. The quantitative estimate of drug-likeness (QED) is 0.565. The molecule has 0 aliphatic rings. The van der Waals surface area contributed by atoms with Crippen molar-refractivity contribution >= 4 is 37.6 Å². The van der Waals surface area contributed by atoms with E-state index in [9.17, 15) is 4.79 Å². The summed E-state index contributed by atoms with van der Waals surface area (Å²) in [6, 6.07) is 17.7. The third kappa shape index (κ3) is 2.81. The summed E-state index contributed by atoms with van der Waals surface area (Å²) in [4.78, 5) is 18.1. The Labute approximate surface area is 149 Å². The SMILES string of the molecule is CC(C)(C)Nc1nc2c(sc3ccccc32)c(=O)n1-c1ccccc1. The summed E-state index contributed by atoms with van der Waals surface area (Å²) < 4.78 is 3.43. The van der Waals surface area contributed by atoms with Crippen molar-refractivity contribution < 1.29 is 0 Å². The minimum Gasteiger partial charge on any atom is -0.351 e. The van der Waals surface area contributed by atoms with Crippen LogP contribution in [0, 0.1) is 0 Å². The first-order valence-electron chi connectivity index (χ1n) is 8.22. The molecule has 2 aromatic heterocycles. The van der Waals surface area contributed by atoms with Crippen molar-refractivity contribution in [1.82, 2.24) is 9.55 Å². The van der Waals surface area contributed by atoms with Crippen LogP contribution in [0.4, 0.5) is 5.95 Å². The van der Waals surface area contributed by atoms with Gasteiger partial charge in [0, 0.05) is 15.6 Å². The van der Waals surface area contributed by atoms with Crippen LogP contribution in [0.1, 0.15) is 20.8 Å². The fraction of sp³-hybridized carbons (Fsp3) is 0.200. The summed E-state index contributed by atoms with van der Waals surface area (Å²) in [5.74, 6) is 0.569. The second-order valence-corrected chi connectivity index (χ2v) is 8.11. The number of anilines is 1. The van der Waals surface area contributed by atoms with Gasteiger partial charge in [0.2, 0.25) is 5.95 Å². The molecule has 0 aliphatic heterocycles. The summed E-state index contributed by atoms with van der Waals surface area (Å²) in [5, 5.41) is 4.42. The van der Waals surface area contributed by atoms with Crippen molar-refractivity contribution in [1.29, 1.82) is 0 Å². The van der Waals surface area contributed by atoms with Crippen LogP contribution in [0.3, 0.4) is 0 Å². The highest BCUT2D eigenvalue weighted by Crippen LogP contribution is 2.32. The Kier molecular flexibility index (Phi) is 3.62. The lowest BCUT2D eigenvalue weighted by Crippen LogP contribution is -2.32. The summed E-state index contributed by atoms with van der Waals surface area (Å²) >= 11 is 1.50. The molecular weight excluding hydrogens is 330 g/mol. The minimum atomic E-state index is -0.213. The van der Waals surface area contributed by atoms with Crippen LogP contribution >= 0.6 is 11.3 Å². The van der Waals surface area contributed by atoms with Crippen molar-refractivity contribution in [2.75, 3.05) is 5.32 Å². The largest absolute Gasteiger partial charge is 0.351 e. The Balaban J connectivity index is 2.11. The van der Waals surface area contributed by atoms with Gasteiger partial charge in [0.1, 0.15) is 4.70 Å². The Morgan fingerprint density at radius 3 is 2.40 bits per heavy atom. The number of hydrogen-bond acceptors (Lipinski definition) is 4. The van der Waals surface area contributed by atoms with E-state index in [0.717, 1.165) is 21.3 Å². The number of rotatable bonds is 2. The van der Waals surface area contributed by atoms with Gasteiger partial charge in [-0.05, 0) is 39.0 Å². The van der Waals surface area contributed by atoms with Crippen LogP contribution in [-0.4, -0.2) is 15.1 Å². The third-order valence-electron chi connectivity index (χ3n) is 3.90. The van der Waals surface area contributed by atoms with Gasteiger partial charge >= 0.3 is 0 Å². The number of para-hydroxylation sites is 1. The molecule has 4 rings (SSSR count). The maximum absolute atomic E-state index is 13.3. The van der Waals surface area contributed by atoms with Crippen molar-refractivity contribution in [3.8, 4) is 5.69 Å².